The first-order valence-corrected chi connectivity index (χ1v) is 7.03. The lowest BCUT2D eigenvalue weighted by atomic mass is 10.1. The number of allylic oxidation sites excluding steroid dienone is 1. The highest BCUT2D eigenvalue weighted by atomic mass is 16.5. The molecule has 108 valence electrons. The quantitative estimate of drug-likeness (QED) is 0.719. The number of ether oxygens (including phenoxy) is 1. The third-order valence-electron chi connectivity index (χ3n) is 3.33. The van der Waals surface area contributed by atoms with Crippen LogP contribution < -0.4 is 4.74 Å². The van der Waals surface area contributed by atoms with Gasteiger partial charge in [0, 0.05) is 6.21 Å². The molecular weight excluding hydrogens is 258 g/mol. The zero-order valence-electron chi connectivity index (χ0n) is 13.1. The molecule has 0 heterocycles. The molecule has 0 aliphatic heterocycles. The highest BCUT2D eigenvalue weighted by Gasteiger charge is 2.00. The van der Waals surface area contributed by atoms with Crippen LogP contribution in [0.25, 0.3) is 6.08 Å². The fraction of sp³-hybridized carbons (Fsp3) is 0.211. The number of hydrogen-bond donors (Lipinski definition) is 0. The van der Waals surface area contributed by atoms with Crippen molar-refractivity contribution >= 4 is 18.0 Å². The van der Waals surface area contributed by atoms with Gasteiger partial charge in [-0.2, -0.15) is 0 Å². The number of methoxy groups -OCH3 is 1. The molecule has 0 fully saturated rings. The van der Waals surface area contributed by atoms with Crippen molar-refractivity contribution in [3.05, 3.63) is 64.7 Å². The van der Waals surface area contributed by atoms with Gasteiger partial charge in [-0.25, -0.2) is 0 Å². The minimum Gasteiger partial charge on any atom is -0.497 e. The lowest BCUT2D eigenvalue weighted by Crippen LogP contribution is -1.83. The Morgan fingerprint density at radius 3 is 2.14 bits per heavy atom. The van der Waals surface area contributed by atoms with Crippen LogP contribution in [0.5, 0.6) is 5.75 Å². The van der Waals surface area contributed by atoms with E-state index in [0.717, 1.165) is 17.0 Å². The van der Waals surface area contributed by atoms with Crippen LogP contribution >= 0.6 is 0 Å². The molecule has 0 aliphatic rings. The molecule has 0 radical (unpaired) electrons. The molecule has 2 aromatic carbocycles. The van der Waals surface area contributed by atoms with E-state index >= 15 is 0 Å². The second kappa shape index (κ2) is 6.89. The first kappa shape index (κ1) is 15.0. The first-order chi connectivity index (χ1) is 10.1. The van der Waals surface area contributed by atoms with Gasteiger partial charge >= 0.3 is 0 Å². The smallest absolute Gasteiger partial charge is 0.118 e. The summed E-state index contributed by atoms with van der Waals surface area (Å²) in [6, 6.07) is 12.3. The molecule has 2 nitrogen and oxygen atoms in total. The van der Waals surface area contributed by atoms with Crippen LogP contribution in [0.4, 0.5) is 5.69 Å². The van der Waals surface area contributed by atoms with E-state index in [4.69, 9.17) is 4.74 Å². The third-order valence-corrected chi connectivity index (χ3v) is 3.33. The second-order valence-corrected chi connectivity index (χ2v) is 5.16. The van der Waals surface area contributed by atoms with Gasteiger partial charge < -0.3 is 4.74 Å². The Balaban J connectivity index is 2.09. The minimum absolute atomic E-state index is 0.867. The average molecular weight is 279 g/mol. The molecule has 0 amide bonds. The number of aryl methyl sites for hydroxylation is 3. The summed E-state index contributed by atoms with van der Waals surface area (Å²) in [6.45, 7) is 6.30. The molecule has 2 aromatic rings. The van der Waals surface area contributed by atoms with Gasteiger partial charge in [-0.1, -0.05) is 35.9 Å². The van der Waals surface area contributed by atoms with Crippen LogP contribution in [0.2, 0.25) is 0 Å². The molecule has 0 aliphatic carbocycles. The van der Waals surface area contributed by atoms with Crippen LogP contribution in [0.3, 0.4) is 0 Å². The summed E-state index contributed by atoms with van der Waals surface area (Å²) < 4.78 is 5.14. The highest BCUT2D eigenvalue weighted by molar-refractivity contribution is 5.81. The summed E-state index contributed by atoms with van der Waals surface area (Å²) in [5.74, 6) is 0.867. The van der Waals surface area contributed by atoms with Crippen molar-refractivity contribution < 1.29 is 4.74 Å². The summed E-state index contributed by atoms with van der Waals surface area (Å²) in [6.07, 6.45) is 5.83. The van der Waals surface area contributed by atoms with E-state index in [2.05, 4.69) is 37.9 Å². The molecule has 2 rings (SSSR count). The summed E-state index contributed by atoms with van der Waals surface area (Å²) >= 11 is 0. The molecular formula is C19H21NO. The number of hydrogen-bond acceptors (Lipinski definition) is 2. The Kier molecular flexibility index (Phi) is 4.94. The second-order valence-electron chi connectivity index (χ2n) is 5.16. The normalized spacial score (nSPS) is 11.4. The van der Waals surface area contributed by atoms with Crippen molar-refractivity contribution in [2.24, 2.45) is 4.99 Å². The maximum atomic E-state index is 5.14. The Labute approximate surface area is 126 Å². The van der Waals surface area contributed by atoms with Gasteiger partial charge in [0.1, 0.15) is 5.75 Å². The summed E-state index contributed by atoms with van der Waals surface area (Å²) in [5, 5.41) is 0. The third kappa shape index (κ3) is 4.06. The van der Waals surface area contributed by atoms with Gasteiger partial charge in [0.2, 0.25) is 0 Å². The van der Waals surface area contributed by atoms with Gasteiger partial charge in [0.15, 0.2) is 0 Å². The molecule has 0 bridgehead atoms. The van der Waals surface area contributed by atoms with Crippen LogP contribution in [-0.2, 0) is 0 Å². The van der Waals surface area contributed by atoms with E-state index in [9.17, 15) is 0 Å². The van der Waals surface area contributed by atoms with Gasteiger partial charge in [-0.05, 0) is 55.7 Å². The largest absolute Gasteiger partial charge is 0.497 e. The monoisotopic (exact) mass is 279 g/mol. The molecule has 0 saturated carbocycles. The van der Waals surface area contributed by atoms with Crippen molar-refractivity contribution in [2.75, 3.05) is 7.11 Å². The summed E-state index contributed by atoms with van der Waals surface area (Å²) in [7, 11) is 1.67. The molecule has 0 N–H and O–H groups in total. The zero-order valence-corrected chi connectivity index (χ0v) is 13.1. The molecule has 0 aromatic heterocycles. The Hall–Kier alpha value is -2.35. The molecule has 0 spiro atoms. The summed E-state index contributed by atoms with van der Waals surface area (Å²) in [4.78, 5) is 4.56. The first-order valence-electron chi connectivity index (χ1n) is 7.03. The van der Waals surface area contributed by atoms with Gasteiger partial charge in [-0.15, -0.1) is 0 Å². The Morgan fingerprint density at radius 1 is 0.952 bits per heavy atom. The SMILES string of the molecule is COc1ccc(/C=C/C=Nc2c(C)cc(C)cc2C)cc1. The predicted molar refractivity (Wildman–Crippen MR) is 90.8 cm³/mol. The topological polar surface area (TPSA) is 21.6 Å². The van der Waals surface area contributed by atoms with Crippen molar-refractivity contribution in [3.8, 4) is 5.75 Å². The van der Waals surface area contributed by atoms with Crippen LogP contribution in [0, 0.1) is 20.8 Å². The zero-order chi connectivity index (χ0) is 15.2. The standard InChI is InChI=1S/C19H21NO/c1-14-12-15(2)19(16(3)13-14)20-11-5-6-17-7-9-18(21-4)10-8-17/h5-13H,1-4H3/b6-5+,20-11?. The van der Waals surface area contributed by atoms with E-state index < -0.39 is 0 Å². The maximum Gasteiger partial charge on any atom is 0.118 e. The minimum atomic E-state index is 0.867. The number of benzene rings is 2. The molecule has 0 saturated heterocycles. The van der Waals surface area contributed by atoms with Crippen molar-refractivity contribution in [1.82, 2.24) is 0 Å². The van der Waals surface area contributed by atoms with E-state index in [1.807, 2.05) is 42.6 Å². The maximum absolute atomic E-state index is 5.14. The molecule has 0 atom stereocenters. The molecule has 0 unspecified atom stereocenters. The van der Waals surface area contributed by atoms with E-state index in [1.165, 1.54) is 16.7 Å². The van der Waals surface area contributed by atoms with E-state index in [1.54, 1.807) is 7.11 Å². The van der Waals surface area contributed by atoms with Gasteiger partial charge in [0.05, 0.1) is 12.8 Å². The molecule has 21 heavy (non-hydrogen) atoms. The van der Waals surface area contributed by atoms with Crippen molar-refractivity contribution in [3.63, 3.8) is 0 Å². The van der Waals surface area contributed by atoms with Crippen molar-refractivity contribution in [2.45, 2.75) is 20.8 Å². The average Bonchev–Trinajstić information content (AvgIpc) is 2.46. The number of aliphatic imine (C=N–C) groups is 1. The lowest BCUT2D eigenvalue weighted by Gasteiger charge is -2.05. The number of rotatable bonds is 4. The van der Waals surface area contributed by atoms with Crippen molar-refractivity contribution in [1.29, 1.82) is 0 Å². The van der Waals surface area contributed by atoms with Crippen LogP contribution in [-0.4, -0.2) is 13.3 Å². The van der Waals surface area contributed by atoms with Gasteiger partial charge in [0.25, 0.3) is 0 Å². The Bertz CT molecular complexity index is 643. The lowest BCUT2D eigenvalue weighted by molar-refractivity contribution is 0.415. The molecule has 2 heteroatoms. The Morgan fingerprint density at radius 2 is 1.57 bits per heavy atom. The van der Waals surface area contributed by atoms with E-state index in [-0.39, 0.29) is 0 Å². The number of nitrogens with zero attached hydrogens (tertiary/aromatic N) is 1. The van der Waals surface area contributed by atoms with Crippen LogP contribution in [0.15, 0.2) is 47.5 Å². The highest BCUT2D eigenvalue weighted by Crippen LogP contribution is 2.24. The predicted octanol–water partition coefficient (Wildman–Crippen LogP) is 5.04. The van der Waals surface area contributed by atoms with Gasteiger partial charge in [-0.3, -0.25) is 4.99 Å². The fourth-order valence-electron chi connectivity index (χ4n) is 2.36. The summed E-state index contributed by atoms with van der Waals surface area (Å²) in [5.41, 5.74) is 5.88. The fourth-order valence-corrected chi connectivity index (χ4v) is 2.36. The van der Waals surface area contributed by atoms with Crippen LogP contribution in [0.1, 0.15) is 22.3 Å². The van der Waals surface area contributed by atoms with E-state index in [0.29, 0.717) is 0 Å².